The van der Waals surface area contributed by atoms with Gasteiger partial charge < -0.3 is 10.1 Å². The van der Waals surface area contributed by atoms with Gasteiger partial charge in [-0.2, -0.15) is 0 Å². The molecule has 2 fully saturated rings. The summed E-state index contributed by atoms with van der Waals surface area (Å²) >= 11 is 0. The SMILES string of the molecule is CC(C)(C)c1ccc(C2(CNC3CC3)CCOCC2)cc1. The highest BCUT2D eigenvalue weighted by molar-refractivity contribution is 5.33. The summed E-state index contributed by atoms with van der Waals surface area (Å²) in [6.07, 6.45) is 4.99. The Morgan fingerprint density at radius 3 is 2.24 bits per heavy atom. The Bertz CT molecular complexity index is 461. The minimum absolute atomic E-state index is 0.230. The summed E-state index contributed by atoms with van der Waals surface area (Å²) in [4.78, 5) is 0. The maximum Gasteiger partial charge on any atom is 0.0475 e. The number of rotatable bonds is 4. The third-order valence-corrected chi connectivity index (χ3v) is 5.12. The quantitative estimate of drug-likeness (QED) is 0.910. The molecule has 0 amide bonds. The molecular weight excluding hydrogens is 258 g/mol. The van der Waals surface area contributed by atoms with Gasteiger partial charge in [-0.1, -0.05) is 45.0 Å². The van der Waals surface area contributed by atoms with Crippen molar-refractivity contribution in [3.8, 4) is 0 Å². The fraction of sp³-hybridized carbons (Fsp3) is 0.684. The van der Waals surface area contributed by atoms with Crippen molar-refractivity contribution in [2.24, 2.45) is 0 Å². The van der Waals surface area contributed by atoms with Crippen LogP contribution in [0.25, 0.3) is 0 Å². The summed E-state index contributed by atoms with van der Waals surface area (Å²) in [5.41, 5.74) is 3.42. The Hall–Kier alpha value is -0.860. The molecule has 2 heteroatoms. The second-order valence-corrected chi connectivity index (χ2v) is 7.88. The third kappa shape index (κ3) is 3.49. The van der Waals surface area contributed by atoms with Gasteiger partial charge in [-0.3, -0.25) is 0 Å². The molecule has 0 radical (unpaired) electrons. The minimum Gasteiger partial charge on any atom is -0.381 e. The highest BCUT2D eigenvalue weighted by Crippen LogP contribution is 2.36. The lowest BCUT2D eigenvalue weighted by atomic mass is 9.73. The zero-order chi connectivity index (χ0) is 14.9. The Morgan fingerprint density at radius 2 is 1.71 bits per heavy atom. The molecule has 1 aromatic carbocycles. The number of ether oxygens (including phenoxy) is 1. The van der Waals surface area contributed by atoms with Crippen LogP contribution in [0.3, 0.4) is 0 Å². The first-order chi connectivity index (χ1) is 10.00. The molecule has 2 nitrogen and oxygen atoms in total. The van der Waals surface area contributed by atoms with Gasteiger partial charge in [0.25, 0.3) is 0 Å². The molecule has 2 aliphatic rings. The number of benzene rings is 1. The lowest BCUT2D eigenvalue weighted by Crippen LogP contribution is -2.43. The molecule has 0 bridgehead atoms. The lowest BCUT2D eigenvalue weighted by molar-refractivity contribution is 0.0497. The third-order valence-electron chi connectivity index (χ3n) is 5.12. The van der Waals surface area contributed by atoms with Gasteiger partial charge in [-0.25, -0.2) is 0 Å². The Labute approximate surface area is 129 Å². The van der Waals surface area contributed by atoms with E-state index in [4.69, 9.17) is 4.74 Å². The van der Waals surface area contributed by atoms with Crippen LogP contribution in [0.2, 0.25) is 0 Å². The lowest BCUT2D eigenvalue weighted by Gasteiger charge is -2.38. The van der Waals surface area contributed by atoms with E-state index >= 15 is 0 Å². The number of hydrogen-bond acceptors (Lipinski definition) is 2. The summed E-state index contributed by atoms with van der Waals surface area (Å²) in [5.74, 6) is 0. The molecular formula is C19H29NO. The zero-order valence-electron chi connectivity index (χ0n) is 13.7. The average Bonchev–Trinajstić information content (AvgIpc) is 3.30. The summed E-state index contributed by atoms with van der Waals surface area (Å²) in [5, 5.41) is 3.75. The van der Waals surface area contributed by atoms with Gasteiger partial charge in [0.2, 0.25) is 0 Å². The van der Waals surface area contributed by atoms with Crippen LogP contribution in [0.4, 0.5) is 0 Å². The standard InChI is InChI=1S/C19H29NO/c1-18(2,3)15-4-6-16(7-5-15)19(10-12-21-13-11-19)14-20-17-8-9-17/h4-7,17,20H,8-14H2,1-3H3. The van der Waals surface area contributed by atoms with Crippen molar-refractivity contribution in [1.82, 2.24) is 5.32 Å². The molecule has 0 spiro atoms. The fourth-order valence-electron chi connectivity index (χ4n) is 3.28. The van der Waals surface area contributed by atoms with Crippen molar-refractivity contribution >= 4 is 0 Å². The van der Waals surface area contributed by atoms with Crippen molar-refractivity contribution < 1.29 is 4.74 Å². The van der Waals surface area contributed by atoms with Crippen LogP contribution in [0.1, 0.15) is 57.6 Å². The van der Waals surface area contributed by atoms with Crippen LogP contribution in [-0.2, 0) is 15.6 Å². The minimum atomic E-state index is 0.230. The molecule has 116 valence electrons. The van der Waals surface area contributed by atoms with Gasteiger partial charge in [0.1, 0.15) is 0 Å². The van der Waals surface area contributed by atoms with E-state index in [0.29, 0.717) is 0 Å². The van der Waals surface area contributed by atoms with Crippen LogP contribution in [0.5, 0.6) is 0 Å². The second kappa shape index (κ2) is 5.73. The topological polar surface area (TPSA) is 21.3 Å². The zero-order valence-corrected chi connectivity index (χ0v) is 13.7. The van der Waals surface area contributed by atoms with Crippen molar-refractivity contribution in [2.45, 2.75) is 63.3 Å². The number of nitrogens with one attached hydrogen (secondary N) is 1. The predicted octanol–water partition coefficient (Wildman–Crippen LogP) is 3.78. The van der Waals surface area contributed by atoms with Gasteiger partial charge in [0, 0.05) is 31.2 Å². The first-order valence-electron chi connectivity index (χ1n) is 8.42. The molecule has 1 N–H and O–H groups in total. The van der Waals surface area contributed by atoms with Gasteiger partial charge in [-0.15, -0.1) is 0 Å². The fourth-order valence-corrected chi connectivity index (χ4v) is 3.28. The van der Waals surface area contributed by atoms with Crippen molar-refractivity contribution in [3.05, 3.63) is 35.4 Å². The Balaban J connectivity index is 1.81. The summed E-state index contributed by atoms with van der Waals surface area (Å²) < 4.78 is 5.62. The van der Waals surface area contributed by atoms with E-state index in [2.05, 4.69) is 50.4 Å². The van der Waals surface area contributed by atoms with E-state index < -0.39 is 0 Å². The molecule has 1 heterocycles. The molecule has 0 aromatic heterocycles. The molecule has 21 heavy (non-hydrogen) atoms. The van der Waals surface area contributed by atoms with E-state index in [-0.39, 0.29) is 10.8 Å². The molecule has 3 rings (SSSR count). The van der Waals surface area contributed by atoms with Crippen molar-refractivity contribution in [2.75, 3.05) is 19.8 Å². The van der Waals surface area contributed by atoms with E-state index in [0.717, 1.165) is 38.6 Å². The second-order valence-electron chi connectivity index (χ2n) is 7.88. The summed E-state index contributed by atoms with van der Waals surface area (Å²) in [6, 6.07) is 10.1. The van der Waals surface area contributed by atoms with Gasteiger partial charge >= 0.3 is 0 Å². The van der Waals surface area contributed by atoms with Crippen LogP contribution in [0, 0.1) is 0 Å². The van der Waals surface area contributed by atoms with Crippen LogP contribution >= 0.6 is 0 Å². The Morgan fingerprint density at radius 1 is 1.10 bits per heavy atom. The van der Waals surface area contributed by atoms with Crippen LogP contribution in [-0.4, -0.2) is 25.8 Å². The average molecular weight is 287 g/mol. The monoisotopic (exact) mass is 287 g/mol. The predicted molar refractivity (Wildman–Crippen MR) is 87.9 cm³/mol. The summed E-state index contributed by atoms with van der Waals surface area (Å²) in [6.45, 7) is 9.74. The van der Waals surface area contributed by atoms with Crippen LogP contribution in [0.15, 0.2) is 24.3 Å². The normalized spacial score (nSPS) is 22.2. The molecule has 1 aliphatic carbocycles. The summed E-state index contributed by atoms with van der Waals surface area (Å²) in [7, 11) is 0. The molecule has 1 saturated carbocycles. The number of hydrogen-bond donors (Lipinski definition) is 1. The largest absolute Gasteiger partial charge is 0.381 e. The first kappa shape index (κ1) is 15.1. The molecule has 0 atom stereocenters. The first-order valence-corrected chi connectivity index (χ1v) is 8.42. The molecule has 1 aliphatic heterocycles. The van der Waals surface area contributed by atoms with Crippen molar-refractivity contribution in [1.29, 1.82) is 0 Å². The van der Waals surface area contributed by atoms with Gasteiger partial charge in [0.15, 0.2) is 0 Å². The maximum absolute atomic E-state index is 5.62. The van der Waals surface area contributed by atoms with E-state index in [1.54, 1.807) is 0 Å². The van der Waals surface area contributed by atoms with Crippen LogP contribution < -0.4 is 5.32 Å². The molecule has 1 saturated heterocycles. The van der Waals surface area contributed by atoms with Gasteiger partial charge in [-0.05, 0) is 42.2 Å². The van der Waals surface area contributed by atoms with E-state index in [9.17, 15) is 0 Å². The molecule has 0 unspecified atom stereocenters. The molecule has 1 aromatic rings. The highest BCUT2D eigenvalue weighted by Gasteiger charge is 2.36. The smallest absolute Gasteiger partial charge is 0.0475 e. The van der Waals surface area contributed by atoms with E-state index in [1.165, 1.54) is 24.0 Å². The van der Waals surface area contributed by atoms with Crippen molar-refractivity contribution in [3.63, 3.8) is 0 Å². The van der Waals surface area contributed by atoms with Gasteiger partial charge in [0.05, 0.1) is 0 Å². The highest BCUT2D eigenvalue weighted by atomic mass is 16.5. The van der Waals surface area contributed by atoms with E-state index in [1.807, 2.05) is 0 Å². The maximum atomic E-state index is 5.62. The Kier molecular flexibility index (Phi) is 4.11.